The first-order chi connectivity index (χ1) is 17.2. The molecule has 1 aliphatic rings. The lowest BCUT2D eigenvalue weighted by atomic mass is 9.93. The number of nitrogens with zero attached hydrogens (tertiary/aromatic N) is 2. The second-order valence-corrected chi connectivity index (χ2v) is 10.1. The number of allylic oxidation sites excluding steroid dienone is 1. The largest absolute Gasteiger partial charge is 0.503 e. The van der Waals surface area contributed by atoms with Gasteiger partial charge in [0.15, 0.2) is 16.3 Å². The fraction of sp³-hybridized carbons (Fsp3) is 0.296. The topological polar surface area (TPSA) is 90.1 Å². The third-order valence-corrected chi connectivity index (χ3v) is 7.27. The van der Waals surface area contributed by atoms with Gasteiger partial charge in [-0.1, -0.05) is 61.1 Å². The summed E-state index contributed by atoms with van der Waals surface area (Å²) in [6, 6.07) is 10.4. The highest BCUT2D eigenvalue weighted by atomic mass is 35.5. The third kappa shape index (κ3) is 4.70. The first kappa shape index (κ1) is 25.7. The van der Waals surface area contributed by atoms with Crippen LogP contribution in [0.1, 0.15) is 56.3 Å². The molecule has 1 N–H and O–H groups in total. The summed E-state index contributed by atoms with van der Waals surface area (Å²) in [5, 5.41) is 10.3. The minimum absolute atomic E-state index is 0.118. The number of carbonyl (C=O) groups excluding carboxylic acids is 1. The highest BCUT2D eigenvalue weighted by molar-refractivity contribution is 7.07. The predicted octanol–water partition coefficient (Wildman–Crippen LogP) is 4.29. The second-order valence-electron chi connectivity index (χ2n) is 8.68. The average molecular weight is 527 g/mol. The molecule has 0 aliphatic carbocycles. The average Bonchev–Trinajstić information content (AvgIpc) is 3.15. The molecule has 0 saturated carbocycles. The summed E-state index contributed by atoms with van der Waals surface area (Å²) in [5.74, 6) is -0.108. The maximum absolute atomic E-state index is 13.7. The van der Waals surface area contributed by atoms with Crippen LogP contribution in [0, 0.1) is 0 Å². The number of benzene rings is 2. The van der Waals surface area contributed by atoms with Crippen molar-refractivity contribution in [3.8, 4) is 11.5 Å². The van der Waals surface area contributed by atoms with E-state index < -0.39 is 12.0 Å². The number of aromatic nitrogens is 1. The number of phenolic OH excluding ortho intramolecular Hbond substituents is 1. The molecule has 36 heavy (non-hydrogen) atoms. The molecule has 1 atom stereocenters. The molecule has 7 nitrogen and oxygen atoms in total. The van der Waals surface area contributed by atoms with Crippen molar-refractivity contribution in [1.29, 1.82) is 0 Å². The van der Waals surface area contributed by atoms with Crippen LogP contribution in [0.3, 0.4) is 0 Å². The lowest BCUT2D eigenvalue weighted by Gasteiger charge is -2.24. The molecule has 0 fully saturated rings. The van der Waals surface area contributed by atoms with Gasteiger partial charge in [0.1, 0.15) is 0 Å². The molecule has 1 aliphatic heterocycles. The number of halogens is 1. The smallest absolute Gasteiger partial charge is 0.338 e. The molecular weight excluding hydrogens is 500 g/mol. The quantitative estimate of drug-likeness (QED) is 0.484. The lowest BCUT2D eigenvalue weighted by molar-refractivity contribution is -0.136. The Balaban J connectivity index is 1.93. The second kappa shape index (κ2) is 10.3. The number of esters is 1. The van der Waals surface area contributed by atoms with E-state index in [1.807, 2.05) is 24.3 Å². The molecule has 2 heterocycles. The summed E-state index contributed by atoms with van der Waals surface area (Å²) in [7, 11) is 1.32. The number of thiazole rings is 1. The minimum atomic E-state index is -0.681. The van der Waals surface area contributed by atoms with E-state index in [0.717, 1.165) is 11.1 Å². The van der Waals surface area contributed by atoms with Crippen LogP contribution in [-0.4, -0.2) is 29.4 Å². The van der Waals surface area contributed by atoms with Gasteiger partial charge in [0.25, 0.3) is 5.56 Å². The number of ether oxygens (including phenoxy) is 2. The van der Waals surface area contributed by atoms with E-state index in [9.17, 15) is 14.7 Å². The summed E-state index contributed by atoms with van der Waals surface area (Å²) >= 11 is 7.40. The molecule has 0 radical (unpaired) electrons. The number of carbonyl (C=O) groups is 1. The van der Waals surface area contributed by atoms with Crippen LogP contribution >= 0.6 is 22.9 Å². The summed E-state index contributed by atoms with van der Waals surface area (Å²) in [6.45, 7) is 8.10. The van der Waals surface area contributed by atoms with E-state index in [0.29, 0.717) is 38.7 Å². The van der Waals surface area contributed by atoms with Gasteiger partial charge < -0.3 is 14.6 Å². The van der Waals surface area contributed by atoms with Crippen molar-refractivity contribution >= 4 is 35.0 Å². The molecule has 0 bridgehead atoms. The van der Waals surface area contributed by atoms with Crippen LogP contribution in [0.2, 0.25) is 5.02 Å². The van der Waals surface area contributed by atoms with Crippen molar-refractivity contribution in [3.05, 3.63) is 89.1 Å². The summed E-state index contributed by atoms with van der Waals surface area (Å²) in [6.07, 6.45) is 1.67. The Hall–Kier alpha value is -3.36. The van der Waals surface area contributed by atoms with Crippen LogP contribution in [0.5, 0.6) is 11.5 Å². The molecular formula is C27H27ClN2O5S. The molecule has 3 aromatic rings. The fourth-order valence-electron chi connectivity index (χ4n) is 4.17. The van der Waals surface area contributed by atoms with E-state index in [-0.39, 0.29) is 22.1 Å². The van der Waals surface area contributed by atoms with Gasteiger partial charge in [0.2, 0.25) is 0 Å². The van der Waals surface area contributed by atoms with Crippen LogP contribution in [0.25, 0.3) is 6.08 Å². The van der Waals surface area contributed by atoms with Crippen molar-refractivity contribution in [2.24, 2.45) is 4.99 Å². The van der Waals surface area contributed by atoms with E-state index in [2.05, 4.69) is 18.8 Å². The van der Waals surface area contributed by atoms with Crippen molar-refractivity contribution in [1.82, 2.24) is 4.57 Å². The fourth-order valence-corrected chi connectivity index (χ4v) is 5.43. The maximum Gasteiger partial charge on any atom is 0.338 e. The van der Waals surface area contributed by atoms with E-state index in [4.69, 9.17) is 21.1 Å². The van der Waals surface area contributed by atoms with Gasteiger partial charge in [-0.05, 0) is 54.7 Å². The summed E-state index contributed by atoms with van der Waals surface area (Å²) in [5.41, 5.74) is 3.05. The number of methoxy groups -OCH3 is 1. The zero-order valence-electron chi connectivity index (χ0n) is 20.7. The Kier molecular flexibility index (Phi) is 7.38. The Morgan fingerprint density at radius 1 is 1.28 bits per heavy atom. The molecule has 9 heteroatoms. The van der Waals surface area contributed by atoms with Crippen LogP contribution in [-0.2, 0) is 9.53 Å². The first-order valence-electron chi connectivity index (χ1n) is 11.5. The molecule has 1 unspecified atom stereocenters. The van der Waals surface area contributed by atoms with Crippen molar-refractivity contribution in [3.63, 3.8) is 0 Å². The van der Waals surface area contributed by atoms with E-state index in [1.54, 1.807) is 32.1 Å². The van der Waals surface area contributed by atoms with Gasteiger partial charge in [0.05, 0.1) is 40.6 Å². The molecule has 0 amide bonds. The number of hydrogen-bond donors (Lipinski definition) is 1. The number of rotatable bonds is 6. The monoisotopic (exact) mass is 526 g/mol. The van der Waals surface area contributed by atoms with Crippen LogP contribution < -0.4 is 19.6 Å². The number of hydrogen-bond acceptors (Lipinski definition) is 7. The molecule has 188 valence electrons. The van der Waals surface area contributed by atoms with Gasteiger partial charge >= 0.3 is 5.97 Å². The third-order valence-electron chi connectivity index (χ3n) is 5.99. The van der Waals surface area contributed by atoms with Gasteiger partial charge in [-0.15, -0.1) is 0 Å². The Morgan fingerprint density at radius 3 is 2.58 bits per heavy atom. The number of phenols is 1. The van der Waals surface area contributed by atoms with E-state index in [1.165, 1.54) is 23.0 Å². The highest BCUT2D eigenvalue weighted by Crippen LogP contribution is 2.35. The van der Waals surface area contributed by atoms with Crippen LogP contribution in [0.4, 0.5) is 0 Å². The Bertz CT molecular complexity index is 1530. The number of fused-ring (bicyclic) bond motifs is 1. The SMILES string of the molecule is CCOc1cc(C=c2sc3n(c2=O)C(c2ccc(C(C)C)cc2)C(C(=O)OC)=C(C)N=3)cc(Cl)c1O. The lowest BCUT2D eigenvalue weighted by Crippen LogP contribution is -2.39. The zero-order chi connectivity index (χ0) is 26.1. The van der Waals surface area contributed by atoms with Crippen molar-refractivity contribution in [2.45, 2.75) is 39.7 Å². The van der Waals surface area contributed by atoms with E-state index >= 15 is 0 Å². The van der Waals surface area contributed by atoms with Gasteiger partial charge in [-0.2, -0.15) is 0 Å². The molecule has 0 saturated heterocycles. The molecule has 4 rings (SSSR count). The molecule has 0 spiro atoms. The number of aromatic hydroxyl groups is 1. The zero-order valence-corrected chi connectivity index (χ0v) is 22.2. The maximum atomic E-state index is 13.7. The summed E-state index contributed by atoms with van der Waals surface area (Å²) < 4.78 is 12.5. The normalized spacial score (nSPS) is 15.6. The Labute approximate surface area is 217 Å². The Morgan fingerprint density at radius 2 is 1.97 bits per heavy atom. The molecule has 2 aromatic carbocycles. The van der Waals surface area contributed by atoms with Crippen LogP contribution in [0.15, 0.2) is 57.5 Å². The first-order valence-corrected chi connectivity index (χ1v) is 12.7. The predicted molar refractivity (Wildman–Crippen MR) is 141 cm³/mol. The highest BCUT2D eigenvalue weighted by Gasteiger charge is 2.33. The standard InChI is InChI=1S/C27H27ClN2O5S/c1-6-35-20-12-16(11-19(28)24(20)31)13-21-25(32)30-23(18-9-7-17(8-10-18)14(2)3)22(26(33)34-5)15(4)29-27(30)36-21/h7-14,23,31H,6H2,1-5H3. The van der Waals surface area contributed by atoms with Gasteiger partial charge in [-0.25, -0.2) is 9.79 Å². The van der Waals surface area contributed by atoms with Crippen molar-refractivity contribution in [2.75, 3.05) is 13.7 Å². The summed E-state index contributed by atoms with van der Waals surface area (Å²) in [4.78, 5) is 31.6. The van der Waals surface area contributed by atoms with Gasteiger partial charge in [-0.3, -0.25) is 9.36 Å². The van der Waals surface area contributed by atoms with Crippen molar-refractivity contribution < 1.29 is 19.4 Å². The minimum Gasteiger partial charge on any atom is -0.503 e. The van der Waals surface area contributed by atoms with Gasteiger partial charge in [0, 0.05) is 0 Å². The molecule has 1 aromatic heterocycles.